The van der Waals surface area contributed by atoms with Gasteiger partial charge >= 0.3 is 5.97 Å². The lowest BCUT2D eigenvalue weighted by Crippen LogP contribution is -2.14. The van der Waals surface area contributed by atoms with E-state index in [0.717, 1.165) is 11.4 Å². The van der Waals surface area contributed by atoms with Crippen LogP contribution in [0, 0.1) is 5.92 Å². The molecule has 0 radical (unpaired) electrons. The summed E-state index contributed by atoms with van der Waals surface area (Å²) in [5.74, 6) is -1.19. The summed E-state index contributed by atoms with van der Waals surface area (Å²) in [6, 6.07) is 6.47. The molecule has 0 fully saturated rings. The molecule has 6 nitrogen and oxygen atoms in total. The number of aromatic hydroxyl groups is 1. The first-order chi connectivity index (χ1) is 8.58. The summed E-state index contributed by atoms with van der Waals surface area (Å²) in [6.45, 7) is 1.64. The number of aromatic nitrogens is 3. The van der Waals surface area contributed by atoms with Gasteiger partial charge in [0.15, 0.2) is 0 Å². The van der Waals surface area contributed by atoms with Crippen LogP contribution in [0.25, 0.3) is 5.69 Å². The van der Waals surface area contributed by atoms with E-state index in [0.29, 0.717) is 6.42 Å². The Labute approximate surface area is 103 Å². The van der Waals surface area contributed by atoms with Gasteiger partial charge in [-0.05, 0) is 24.3 Å². The molecule has 0 aliphatic rings. The Bertz CT molecular complexity index is 548. The SMILES string of the molecule is CC(Cc1cnnn1-c1ccc(O)cc1)C(=O)O. The second-order valence-corrected chi connectivity index (χ2v) is 4.10. The first kappa shape index (κ1) is 12.1. The van der Waals surface area contributed by atoms with Crippen molar-refractivity contribution in [3.8, 4) is 11.4 Å². The number of hydrogen-bond donors (Lipinski definition) is 2. The van der Waals surface area contributed by atoms with Crippen LogP contribution in [0.15, 0.2) is 30.5 Å². The van der Waals surface area contributed by atoms with Crippen LogP contribution in [0.1, 0.15) is 12.6 Å². The molecule has 0 spiro atoms. The van der Waals surface area contributed by atoms with Gasteiger partial charge in [0.1, 0.15) is 5.75 Å². The predicted octanol–water partition coefficient (Wildman–Crippen LogP) is 1.24. The molecular formula is C12H13N3O3. The average molecular weight is 247 g/mol. The van der Waals surface area contributed by atoms with E-state index in [9.17, 15) is 9.90 Å². The van der Waals surface area contributed by atoms with E-state index in [4.69, 9.17) is 5.11 Å². The van der Waals surface area contributed by atoms with Crippen molar-refractivity contribution in [1.82, 2.24) is 15.0 Å². The summed E-state index contributed by atoms with van der Waals surface area (Å²) in [6.07, 6.45) is 1.90. The molecule has 6 heteroatoms. The number of aliphatic carboxylic acids is 1. The van der Waals surface area contributed by atoms with Gasteiger partial charge in [-0.25, -0.2) is 4.68 Å². The zero-order valence-corrected chi connectivity index (χ0v) is 9.82. The molecular weight excluding hydrogens is 234 g/mol. The zero-order chi connectivity index (χ0) is 13.1. The van der Waals surface area contributed by atoms with E-state index in [1.165, 1.54) is 0 Å². The molecule has 0 aliphatic heterocycles. The molecule has 18 heavy (non-hydrogen) atoms. The number of phenolic OH excluding ortho intramolecular Hbond substituents is 1. The highest BCUT2D eigenvalue weighted by molar-refractivity contribution is 5.69. The van der Waals surface area contributed by atoms with Crippen molar-refractivity contribution in [2.45, 2.75) is 13.3 Å². The Morgan fingerprint density at radius 1 is 1.39 bits per heavy atom. The normalized spacial score (nSPS) is 12.3. The van der Waals surface area contributed by atoms with Crippen LogP contribution >= 0.6 is 0 Å². The Hall–Kier alpha value is -2.37. The Morgan fingerprint density at radius 2 is 2.06 bits per heavy atom. The Kier molecular flexibility index (Phi) is 3.27. The lowest BCUT2D eigenvalue weighted by atomic mass is 10.1. The number of nitrogens with zero attached hydrogens (tertiary/aromatic N) is 3. The molecule has 2 N–H and O–H groups in total. The maximum atomic E-state index is 10.8. The van der Waals surface area contributed by atoms with Gasteiger partial charge in [-0.1, -0.05) is 12.1 Å². The van der Waals surface area contributed by atoms with Crippen LogP contribution in [0.2, 0.25) is 0 Å². The van der Waals surface area contributed by atoms with Crippen molar-refractivity contribution in [2.24, 2.45) is 5.92 Å². The molecule has 1 aromatic carbocycles. The molecule has 0 amide bonds. The van der Waals surface area contributed by atoms with Crippen LogP contribution in [0.5, 0.6) is 5.75 Å². The van der Waals surface area contributed by atoms with Crippen molar-refractivity contribution in [3.63, 3.8) is 0 Å². The van der Waals surface area contributed by atoms with Crippen molar-refractivity contribution < 1.29 is 15.0 Å². The Morgan fingerprint density at radius 3 is 2.67 bits per heavy atom. The smallest absolute Gasteiger partial charge is 0.306 e. The molecule has 1 aromatic heterocycles. The molecule has 94 valence electrons. The van der Waals surface area contributed by atoms with E-state index in [1.54, 1.807) is 42.1 Å². The summed E-state index contributed by atoms with van der Waals surface area (Å²) in [4.78, 5) is 10.8. The predicted molar refractivity (Wildman–Crippen MR) is 63.5 cm³/mol. The van der Waals surface area contributed by atoms with Crippen LogP contribution in [0.3, 0.4) is 0 Å². The van der Waals surface area contributed by atoms with E-state index < -0.39 is 11.9 Å². The van der Waals surface area contributed by atoms with Gasteiger partial charge in [-0.3, -0.25) is 4.79 Å². The summed E-state index contributed by atoms with van der Waals surface area (Å²) in [5.41, 5.74) is 1.45. The third-order valence-corrected chi connectivity index (χ3v) is 2.65. The van der Waals surface area contributed by atoms with Crippen molar-refractivity contribution in [1.29, 1.82) is 0 Å². The second kappa shape index (κ2) is 4.87. The summed E-state index contributed by atoms with van der Waals surface area (Å²) >= 11 is 0. The molecule has 2 rings (SSSR count). The van der Waals surface area contributed by atoms with E-state index >= 15 is 0 Å². The minimum Gasteiger partial charge on any atom is -0.508 e. The molecule has 1 unspecified atom stereocenters. The lowest BCUT2D eigenvalue weighted by molar-refractivity contribution is -0.141. The van der Waals surface area contributed by atoms with E-state index in [1.807, 2.05) is 0 Å². The number of benzene rings is 1. The minimum atomic E-state index is -0.853. The molecule has 0 saturated heterocycles. The second-order valence-electron chi connectivity index (χ2n) is 4.10. The molecule has 0 bridgehead atoms. The number of carboxylic acids is 1. The fourth-order valence-corrected chi connectivity index (χ4v) is 1.61. The standard InChI is InChI=1S/C12H13N3O3/c1-8(12(17)18)6-10-7-13-14-15(10)9-2-4-11(16)5-3-9/h2-5,7-8,16H,6H2,1H3,(H,17,18). The quantitative estimate of drug-likeness (QED) is 0.848. The molecule has 1 atom stereocenters. The summed E-state index contributed by atoms with van der Waals surface area (Å²) in [7, 11) is 0. The van der Waals surface area contributed by atoms with Gasteiger partial charge in [-0.15, -0.1) is 5.10 Å². The fraction of sp³-hybridized carbons (Fsp3) is 0.250. The van der Waals surface area contributed by atoms with E-state index in [2.05, 4.69) is 10.3 Å². The third-order valence-electron chi connectivity index (χ3n) is 2.65. The maximum Gasteiger partial charge on any atom is 0.306 e. The highest BCUT2D eigenvalue weighted by Crippen LogP contribution is 2.16. The maximum absolute atomic E-state index is 10.8. The number of phenols is 1. The Balaban J connectivity index is 2.27. The van der Waals surface area contributed by atoms with Crippen LogP contribution < -0.4 is 0 Å². The van der Waals surface area contributed by atoms with Crippen molar-refractivity contribution >= 4 is 5.97 Å². The van der Waals surface area contributed by atoms with Crippen LogP contribution in [0.4, 0.5) is 0 Å². The number of carboxylic acid groups (broad SMARTS) is 1. The number of hydrogen-bond acceptors (Lipinski definition) is 4. The molecule has 0 saturated carbocycles. The van der Waals surface area contributed by atoms with Crippen LogP contribution in [-0.4, -0.2) is 31.2 Å². The van der Waals surface area contributed by atoms with Crippen molar-refractivity contribution in [3.05, 3.63) is 36.2 Å². The number of carbonyl (C=O) groups is 1. The molecule has 1 heterocycles. The topological polar surface area (TPSA) is 88.2 Å². The number of rotatable bonds is 4. The van der Waals surface area contributed by atoms with Crippen LogP contribution in [-0.2, 0) is 11.2 Å². The van der Waals surface area contributed by atoms with Gasteiger partial charge in [0, 0.05) is 6.42 Å². The summed E-state index contributed by atoms with van der Waals surface area (Å²) < 4.78 is 1.57. The summed E-state index contributed by atoms with van der Waals surface area (Å²) in [5, 5.41) is 25.8. The largest absolute Gasteiger partial charge is 0.508 e. The van der Waals surface area contributed by atoms with E-state index in [-0.39, 0.29) is 5.75 Å². The minimum absolute atomic E-state index is 0.166. The first-order valence-corrected chi connectivity index (χ1v) is 5.49. The average Bonchev–Trinajstić information content (AvgIpc) is 2.78. The van der Waals surface area contributed by atoms with Gasteiger partial charge in [0.05, 0.1) is 23.5 Å². The highest BCUT2D eigenvalue weighted by atomic mass is 16.4. The molecule has 0 aliphatic carbocycles. The fourth-order valence-electron chi connectivity index (χ4n) is 1.61. The van der Waals surface area contributed by atoms with Gasteiger partial charge in [-0.2, -0.15) is 0 Å². The van der Waals surface area contributed by atoms with Gasteiger partial charge in [0.25, 0.3) is 0 Å². The lowest BCUT2D eigenvalue weighted by Gasteiger charge is -2.08. The van der Waals surface area contributed by atoms with Crippen molar-refractivity contribution in [2.75, 3.05) is 0 Å². The monoisotopic (exact) mass is 247 g/mol. The zero-order valence-electron chi connectivity index (χ0n) is 9.82. The first-order valence-electron chi connectivity index (χ1n) is 5.49. The highest BCUT2D eigenvalue weighted by Gasteiger charge is 2.15. The third kappa shape index (κ3) is 2.48. The van der Waals surface area contributed by atoms with Gasteiger partial charge in [0.2, 0.25) is 0 Å². The molecule has 2 aromatic rings. The van der Waals surface area contributed by atoms with Gasteiger partial charge < -0.3 is 10.2 Å².